The first-order valence-corrected chi connectivity index (χ1v) is 6.48. The van der Waals surface area contributed by atoms with Gasteiger partial charge in [-0.1, -0.05) is 29.4 Å². The van der Waals surface area contributed by atoms with Gasteiger partial charge >= 0.3 is 0 Å². The maximum Gasteiger partial charge on any atom is 0.152 e. The third kappa shape index (κ3) is 2.69. The van der Waals surface area contributed by atoms with E-state index in [1.54, 1.807) is 6.20 Å². The van der Waals surface area contributed by atoms with Crippen LogP contribution in [0.5, 0.6) is 0 Å². The highest BCUT2D eigenvalue weighted by Gasteiger charge is 2.06. The summed E-state index contributed by atoms with van der Waals surface area (Å²) in [5, 5.41) is 3.98. The highest BCUT2D eigenvalue weighted by Crippen LogP contribution is 2.21. The molecule has 3 rings (SSSR count). The van der Waals surface area contributed by atoms with Crippen molar-refractivity contribution in [2.24, 2.45) is 0 Å². The smallest absolute Gasteiger partial charge is 0.152 e. The molecule has 0 saturated heterocycles. The summed E-state index contributed by atoms with van der Waals surface area (Å²) >= 11 is 5.69. The third-order valence-corrected chi connectivity index (χ3v) is 3.13. The predicted octanol–water partition coefficient (Wildman–Crippen LogP) is 3.39. The third-order valence-electron chi connectivity index (χ3n) is 2.87. The van der Waals surface area contributed by atoms with Gasteiger partial charge < -0.3 is 9.51 Å². The SMILES string of the molecule is ClCc1cc(-c2ccc(Cc3ncc[nH]3)cc2)no1. The minimum absolute atomic E-state index is 0.337. The fraction of sp³-hybridized carbons (Fsp3) is 0.143. The zero-order valence-corrected chi connectivity index (χ0v) is 10.9. The van der Waals surface area contributed by atoms with Crippen molar-refractivity contribution >= 4 is 11.6 Å². The molecule has 0 saturated carbocycles. The van der Waals surface area contributed by atoms with Crippen molar-refractivity contribution in [3.05, 3.63) is 59.9 Å². The van der Waals surface area contributed by atoms with E-state index in [1.807, 2.05) is 24.4 Å². The van der Waals surface area contributed by atoms with Crippen LogP contribution in [0.25, 0.3) is 11.3 Å². The van der Waals surface area contributed by atoms with Crippen molar-refractivity contribution in [2.45, 2.75) is 12.3 Å². The van der Waals surface area contributed by atoms with Crippen LogP contribution in [0.15, 0.2) is 47.2 Å². The number of hydrogen-bond acceptors (Lipinski definition) is 3. The Kier molecular flexibility index (Phi) is 3.33. The maximum atomic E-state index is 5.69. The van der Waals surface area contributed by atoms with Crippen LogP contribution in [0.1, 0.15) is 17.1 Å². The van der Waals surface area contributed by atoms with Crippen molar-refractivity contribution < 1.29 is 4.52 Å². The number of benzene rings is 1. The fourth-order valence-corrected chi connectivity index (χ4v) is 2.02. The molecule has 0 amide bonds. The molecule has 3 aromatic rings. The van der Waals surface area contributed by atoms with Gasteiger partial charge in [0.25, 0.3) is 0 Å². The first-order valence-electron chi connectivity index (χ1n) is 5.94. The van der Waals surface area contributed by atoms with E-state index in [1.165, 1.54) is 5.56 Å². The highest BCUT2D eigenvalue weighted by atomic mass is 35.5. The summed E-state index contributed by atoms with van der Waals surface area (Å²) in [6, 6.07) is 10.0. The van der Waals surface area contributed by atoms with Crippen molar-refractivity contribution in [3.63, 3.8) is 0 Å². The number of hydrogen-bond donors (Lipinski definition) is 1. The molecule has 5 heteroatoms. The largest absolute Gasteiger partial charge is 0.359 e. The molecule has 0 spiro atoms. The Balaban J connectivity index is 1.78. The lowest BCUT2D eigenvalue weighted by atomic mass is 10.1. The van der Waals surface area contributed by atoms with E-state index in [0.717, 1.165) is 23.5 Å². The molecule has 2 aromatic heterocycles. The van der Waals surface area contributed by atoms with E-state index in [0.29, 0.717) is 11.6 Å². The van der Waals surface area contributed by atoms with E-state index >= 15 is 0 Å². The molecule has 0 atom stereocenters. The van der Waals surface area contributed by atoms with E-state index in [-0.39, 0.29) is 0 Å². The summed E-state index contributed by atoms with van der Waals surface area (Å²) in [7, 11) is 0. The molecule has 2 heterocycles. The van der Waals surface area contributed by atoms with Crippen LogP contribution in [0.3, 0.4) is 0 Å². The predicted molar refractivity (Wildman–Crippen MR) is 72.9 cm³/mol. The van der Waals surface area contributed by atoms with Crippen LogP contribution >= 0.6 is 11.6 Å². The fourth-order valence-electron chi connectivity index (χ4n) is 1.89. The van der Waals surface area contributed by atoms with Gasteiger partial charge in [-0.2, -0.15) is 0 Å². The van der Waals surface area contributed by atoms with E-state index in [4.69, 9.17) is 16.1 Å². The van der Waals surface area contributed by atoms with Crippen LogP contribution in [-0.4, -0.2) is 15.1 Å². The van der Waals surface area contributed by atoms with Crippen LogP contribution in [0, 0.1) is 0 Å². The number of imidazole rings is 1. The number of rotatable bonds is 4. The van der Waals surface area contributed by atoms with Crippen LogP contribution in [-0.2, 0) is 12.3 Å². The second kappa shape index (κ2) is 5.28. The van der Waals surface area contributed by atoms with Gasteiger partial charge in [-0.15, -0.1) is 11.6 Å². The Morgan fingerprint density at radius 1 is 1.21 bits per heavy atom. The maximum absolute atomic E-state index is 5.69. The molecule has 1 aromatic carbocycles. The summed E-state index contributed by atoms with van der Waals surface area (Å²) in [5.74, 6) is 1.97. The minimum Gasteiger partial charge on any atom is -0.359 e. The average molecular weight is 274 g/mol. The highest BCUT2D eigenvalue weighted by molar-refractivity contribution is 6.16. The zero-order chi connectivity index (χ0) is 13.1. The van der Waals surface area contributed by atoms with Crippen molar-refractivity contribution in [1.82, 2.24) is 15.1 Å². The second-order valence-electron chi connectivity index (χ2n) is 4.22. The zero-order valence-electron chi connectivity index (χ0n) is 10.1. The molecule has 0 unspecified atom stereocenters. The van der Waals surface area contributed by atoms with Gasteiger partial charge in [-0.25, -0.2) is 4.98 Å². The molecule has 1 N–H and O–H groups in total. The minimum atomic E-state index is 0.337. The van der Waals surface area contributed by atoms with Crippen molar-refractivity contribution in [3.8, 4) is 11.3 Å². The van der Waals surface area contributed by atoms with Gasteiger partial charge in [0.2, 0.25) is 0 Å². The normalized spacial score (nSPS) is 10.8. The van der Waals surface area contributed by atoms with Crippen molar-refractivity contribution in [2.75, 3.05) is 0 Å². The Hall–Kier alpha value is -2.07. The first kappa shape index (κ1) is 12.0. The molecule has 0 bridgehead atoms. The molecule has 96 valence electrons. The Morgan fingerprint density at radius 3 is 2.68 bits per heavy atom. The number of aromatic amines is 1. The van der Waals surface area contributed by atoms with E-state index in [2.05, 4.69) is 27.3 Å². The van der Waals surface area contributed by atoms with E-state index in [9.17, 15) is 0 Å². The molecule has 0 aliphatic carbocycles. The van der Waals surface area contributed by atoms with Gasteiger partial charge in [0.1, 0.15) is 11.5 Å². The number of halogens is 1. The van der Waals surface area contributed by atoms with Gasteiger partial charge in [0, 0.05) is 30.4 Å². The summed E-state index contributed by atoms with van der Waals surface area (Å²) in [6.45, 7) is 0. The molecule has 0 aliphatic heterocycles. The number of H-pyrrole nitrogens is 1. The van der Waals surface area contributed by atoms with E-state index < -0.39 is 0 Å². The Bertz CT molecular complexity index is 644. The van der Waals surface area contributed by atoms with Gasteiger partial charge in [0.05, 0.1) is 5.88 Å². The molecule has 19 heavy (non-hydrogen) atoms. The van der Waals surface area contributed by atoms with Crippen molar-refractivity contribution in [1.29, 1.82) is 0 Å². The summed E-state index contributed by atoms with van der Waals surface area (Å²) in [6.07, 6.45) is 4.37. The second-order valence-corrected chi connectivity index (χ2v) is 4.49. The molecular formula is C14H12ClN3O. The van der Waals surface area contributed by atoms with Crippen LogP contribution in [0.4, 0.5) is 0 Å². The van der Waals surface area contributed by atoms with Crippen LogP contribution in [0.2, 0.25) is 0 Å². The number of aromatic nitrogens is 3. The molecule has 0 fully saturated rings. The summed E-state index contributed by atoms with van der Waals surface area (Å²) in [4.78, 5) is 7.30. The monoisotopic (exact) mass is 273 g/mol. The van der Waals surface area contributed by atoms with Gasteiger partial charge in [-0.3, -0.25) is 0 Å². The lowest BCUT2D eigenvalue weighted by Gasteiger charge is -2.00. The molecule has 0 aliphatic rings. The molecule has 4 nitrogen and oxygen atoms in total. The lowest BCUT2D eigenvalue weighted by molar-refractivity contribution is 0.396. The lowest BCUT2D eigenvalue weighted by Crippen LogP contribution is -1.90. The quantitative estimate of drug-likeness (QED) is 0.741. The molecular weight excluding hydrogens is 262 g/mol. The van der Waals surface area contributed by atoms with Gasteiger partial charge in [-0.05, 0) is 5.56 Å². The summed E-state index contributed by atoms with van der Waals surface area (Å²) in [5.41, 5.74) is 3.02. The number of nitrogens with zero attached hydrogens (tertiary/aromatic N) is 2. The standard InChI is InChI=1S/C14H12ClN3O/c15-9-12-8-13(18-19-12)11-3-1-10(2-4-11)7-14-16-5-6-17-14/h1-6,8H,7,9H2,(H,16,17). The Labute approximate surface area is 115 Å². The summed E-state index contributed by atoms with van der Waals surface area (Å²) < 4.78 is 5.09. The molecule has 0 radical (unpaired) electrons. The average Bonchev–Trinajstić information content (AvgIpc) is 3.10. The van der Waals surface area contributed by atoms with Crippen LogP contribution < -0.4 is 0 Å². The first-order chi connectivity index (χ1) is 9.35. The number of nitrogens with one attached hydrogen (secondary N) is 1. The topological polar surface area (TPSA) is 54.7 Å². The van der Waals surface area contributed by atoms with Gasteiger partial charge in [0.15, 0.2) is 5.76 Å². The number of alkyl halides is 1. The Morgan fingerprint density at radius 2 is 2.05 bits per heavy atom.